The van der Waals surface area contributed by atoms with E-state index in [2.05, 4.69) is 18.9 Å². The maximum atomic E-state index is 10.7. The first-order valence-electron chi connectivity index (χ1n) is 9.09. The SMILES string of the molecule is CCC(CC)COc1ccc(Cl)cc1Cn1nc(CCC(=O)O)cc1C. The van der Waals surface area contributed by atoms with Crippen LogP contribution in [0, 0.1) is 12.8 Å². The molecule has 0 spiro atoms. The molecule has 0 saturated heterocycles. The van der Waals surface area contributed by atoms with E-state index in [1.54, 1.807) is 0 Å². The molecule has 0 aliphatic heterocycles. The summed E-state index contributed by atoms with van der Waals surface area (Å²) in [6.07, 6.45) is 2.68. The van der Waals surface area contributed by atoms with Crippen molar-refractivity contribution in [3.8, 4) is 5.75 Å². The van der Waals surface area contributed by atoms with Gasteiger partial charge in [-0.15, -0.1) is 0 Å². The van der Waals surface area contributed by atoms with Crippen LogP contribution < -0.4 is 4.74 Å². The molecule has 0 amide bonds. The van der Waals surface area contributed by atoms with E-state index in [4.69, 9.17) is 21.4 Å². The molecular weight excluding hydrogens is 352 g/mol. The molecule has 0 radical (unpaired) electrons. The average molecular weight is 379 g/mol. The lowest BCUT2D eigenvalue weighted by atomic mass is 10.1. The third-order valence-electron chi connectivity index (χ3n) is 4.60. The van der Waals surface area contributed by atoms with Gasteiger partial charge in [-0.25, -0.2) is 0 Å². The molecule has 1 N–H and O–H groups in total. The molecule has 2 rings (SSSR count). The number of hydrogen-bond donors (Lipinski definition) is 1. The van der Waals surface area contributed by atoms with Gasteiger partial charge in [0.15, 0.2) is 0 Å². The van der Waals surface area contributed by atoms with E-state index in [0.29, 0.717) is 30.5 Å². The van der Waals surface area contributed by atoms with Crippen LogP contribution in [0.25, 0.3) is 0 Å². The Bertz CT molecular complexity index is 739. The summed E-state index contributed by atoms with van der Waals surface area (Å²) in [6.45, 7) is 7.53. The average Bonchev–Trinajstić information content (AvgIpc) is 2.95. The highest BCUT2D eigenvalue weighted by molar-refractivity contribution is 6.30. The van der Waals surface area contributed by atoms with Gasteiger partial charge in [0.05, 0.1) is 25.3 Å². The summed E-state index contributed by atoms with van der Waals surface area (Å²) >= 11 is 6.18. The number of aliphatic carboxylic acids is 1. The Hall–Kier alpha value is -2.01. The predicted octanol–water partition coefficient (Wildman–Crippen LogP) is 4.73. The number of benzene rings is 1. The summed E-state index contributed by atoms with van der Waals surface area (Å²) < 4.78 is 7.92. The van der Waals surface area contributed by atoms with Crippen molar-refractivity contribution in [1.82, 2.24) is 9.78 Å². The minimum absolute atomic E-state index is 0.0808. The van der Waals surface area contributed by atoms with Crippen molar-refractivity contribution in [3.05, 3.63) is 46.2 Å². The molecule has 26 heavy (non-hydrogen) atoms. The molecular formula is C20H27ClN2O3. The number of aromatic nitrogens is 2. The Morgan fingerprint density at radius 3 is 2.69 bits per heavy atom. The Kier molecular flexibility index (Phi) is 7.51. The second kappa shape index (κ2) is 9.62. The minimum Gasteiger partial charge on any atom is -0.493 e. The van der Waals surface area contributed by atoms with Crippen molar-refractivity contribution in [2.75, 3.05) is 6.61 Å². The van der Waals surface area contributed by atoms with Crippen LogP contribution in [0.4, 0.5) is 0 Å². The van der Waals surface area contributed by atoms with Gasteiger partial charge in [0.25, 0.3) is 0 Å². The van der Waals surface area contributed by atoms with Gasteiger partial charge in [0.1, 0.15) is 5.75 Å². The minimum atomic E-state index is -0.816. The summed E-state index contributed by atoms with van der Waals surface area (Å²) in [5, 5.41) is 14.0. The van der Waals surface area contributed by atoms with Crippen LogP contribution in [0.15, 0.2) is 24.3 Å². The predicted molar refractivity (Wildman–Crippen MR) is 103 cm³/mol. The number of halogens is 1. The topological polar surface area (TPSA) is 64.4 Å². The van der Waals surface area contributed by atoms with Gasteiger partial charge in [-0.3, -0.25) is 9.48 Å². The second-order valence-corrected chi connectivity index (χ2v) is 7.01. The van der Waals surface area contributed by atoms with Gasteiger partial charge >= 0.3 is 5.97 Å². The number of hydrogen-bond acceptors (Lipinski definition) is 3. The van der Waals surface area contributed by atoms with E-state index in [9.17, 15) is 4.79 Å². The molecule has 0 bridgehead atoms. The molecule has 142 valence electrons. The molecule has 5 nitrogen and oxygen atoms in total. The number of aryl methyl sites for hydroxylation is 2. The highest BCUT2D eigenvalue weighted by Gasteiger charge is 2.12. The summed E-state index contributed by atoms with van der Waals surface area (Å²) in [4.78, 5) is 10.7. The number of carboxylic acids is 1. The summed E-state index contributed by atoms with van der Waals surface area (Å²) in [5.74, 6) is 0.542. The standard InChI is InChI=1S/C20H27ClN2O3/c1-4-15(5-2)13-26-19-8-6-17(21)11-16(19)12-23-14(3)10-18(22-23)7-9-20(24)25/h6,8,10-11,15H,4-5,7,9,12-13H2,1-3H3,(H,24,25). The van der Waals surface area contributed by atoms with Gasteiger partial charge in [-0.05, 0) is 37.1 Å². The maximum Gasteiger partial charge on any atom is 0.303 e. The van der Waals surface area contributed by atoms with Crippen LogP contribution in [0.3, 0.4) is 0 Å². The number of carboxylic acid groups (broad SMARTS) is 1. The first kappa shape index (κ1) is 20.3. The summed E-state index contributed by atoms with van der Waals surface area (Å²) in [6, 6.07) is 7.58. The molecule has 0 unspecified atom stereocenters. The van der Waals surface area contributed by atoms with E-state index >= 15 is 0 Å². The van der Waals surface area contributed by atoms with E-state index < -0.39 is 5.97 Å². The van der Waals surface area contributed by atoms with Gasteiger partial charge < -0.3 is 9.84 Å². The van der Waals surface area contributed by atoms with E-state index in [-0.39, 0.29) is 6.42 Å². The highest BCUT2D eigenvalue weighted by Crippen LogP contribution is 2.25. The van der Waals surface area contributed by atoms with Crippen molar-refractivity contribution in [3.63, 3.8) is 0 Å². The smallest absolute Gasteiger partial charge is 0.303 e. The largest absolute Gasteiger partial charge is 0.493 e. The monoisotopic (exact) mass is 378 g/mol. The zero-order chi connectivity index (χ0) is 19.1. The van der Waals surface area contributed by atoms with Crippen molar-refractivity contribution < 1.29 is 14.6 Å². The van der Waals surface area contributed by atoms with Crippen LogP contribution in [-0.4, -0.2) is 27.5 Å². The third kappa shape index (κ3) is 5.77. The summed E-state index contributed by atoms with van der Waals surface area (Å²) in [5.41, 5.74) is 2.74. The van der Waals surface area contributed by atoms with E-state index in [1.807, 2.05) is 35.9 Å². The quantitative estimate of drug-likeness (QED) is 0.649. The van der Waals surface area contributed by atoms with Crippen LogP contribution in [-0.2, 0) is 17.8 Å². The van der Waals surface area contributed by atoms with Crippen LogP contribution in [0.1, 0.15) is 50.1 Å². The second-order valence-electron chi connectivity index (χ2n) is 6.57. The Balaban J connectivity index is 2.15. The van der Waals surface area contributed by atoms with Crippen molar-refractivity contribution >= 4 is 17.6 Å². The molecule has 0 fully saturated rings. The number of nitrogens with zero attached hydrogens (tertiary/aromatic N) is 2. The highest BCUT2D eigenvalue weighted by atomic mass is 35.5. The Labute approximate surface area is 159 Å². The molecule has 2 aromatic rings. The van der Waals surface area contributed by atoms with Gasteiger partial charge in [0, 0.05) is 22.7 Å². The van der Waals surface area contributed by atoms with Gasteiger partial charge in [-0.1, -0.05) is 38.3 Å². The Morgan fingerprint density at radius 1 is 1.31 bits per heavy atom. The fourth-order valence-electron chi connectivity index (χ4n) is 2.80. The fraction of sp³-hybridized carbons (Fsp3) is 0.500. The Morgan fingerprint density at radius 2 is 2.04 bits per heavy atom. The van der Waals surface area contributed by atoms with E-state index in [1.165, 1.54) is 0 Å². The van der Waals surface area contributed by atoms with Crippen molar-refractivity contribution in [2.45, 2.75) is 53.0 Å². The third-order valence-corrected chi connectivity index (χ3v) is 4.83. The maximum absolute atomic E-state index is 10.7. The molecule has 6 heteroatoms. The first-order valence-corrected chi connectivity index (χ1v) is 9.47. The van der Waals surface area contributed by atoms with Gasteiger partial charge in [-0.2, -0.15) is 5.10 Å². The lowest BCUT2D eigenvalue weighted by molar-refractivity contribution is -0.136. The van der Waals surface area contributed by atoms with Crippen LogP contribution in [0.5, 0.6) is 5.75 Å². The first-order chi connectivity index (χ1) is 12.4. The number of ether oxygens (including phenoxy) is 1. The molecule has 1 aromatic heterocycles. The summed E-state index contributed by atoms with van der Waals surface area (Å²) in [7, 11) is 0. The molecule has 1 heterocycles. The molecule has 0 aliphatic rings. The molecule has 1 aromatic carbocycles. The van der Waals surface area contributed by atoms with Crippen LogP contribution in [0.2, 0.25) is 5.02 Å². The molecule has 0 saturated carbocycles. The van der Waals surface area contributed by atoms with E-state index in [0.717, 1.165) is 35.5 Å². The van der Waals surface area contributed by atoms with Gasteiger partial charge in [0.2, 0.25) is 0 Å². The van der Waals surface area contributed by atoms with Crippen molar-refractivity contribution in [1.29, 1.82) is 0 Å². The molecule has 0 atom stereocenters. The van der Waals surface area contributed by atoms with Crippen LogP contribution >= 0.6 is 11.6 Å². The number of carbonyl (C=O) groups is 1. The van der Waals surface area contributed by atoms with Crippen molar-refractivity contribution in [2.24, 2.45) is 5.92 Å². The lowest BCUT2D eigenvalue weighted by Gasteiger charge is -2.17. The normalized spacial score (nSPS) is 11.1. The zero-order valence-electron chi connectivity index (χ0n) is 15.7. The zero-order valence-corrected chi connectivity index (χ0v) is 16.4. The lowest BCUT2D eigenvalue weighted by Crippen LogP contribution is -2.12. The fourth-order valence-corrected chi connectivity index (χ4v) is 3.00. The number of rotatable bonds is 10. The molecule has 0 aliphatic carbocycles.